The zero-order valence-electron chi connectivity index (χ0n) is 17.1. The Balaban J connectivity index is 2.49. The van der Waals surface area contributed by atoms with Gasteiger partial charge in [-0.2, -0.15) is 0 Å². The second-order valence-corrected chi connectivity index (χ2v) is 8.86. The lowest BCUT2D eigenvalue weighted by molar-refractivity contribution is -0.384. The first-order valence-corrected chi connectivity index (χ1v) is 10.9. The number of hydrogen-bond donors (Lipinski definition) is 1. The average molecular weight is 420 g/mol. The molecule has 2 aromatic carbocycles. The number of carbonyl (C=O) groups excluding carboxylic acids is 1. The molecule has 0 saturated carbocycles. The van der Waals surface area contributed by atoms with E-state index in [1.54, 1.807) is 19.9 Å². The van der Waals surface area contributed by atoms with Gasteiger partial charge in [0.05, 0.1) is 16.9 Å². The minimum Gasteiger partial charge on any atom is -0.324 e. The molecule has 0 saturated heterocycles. The number of carbonyl (C=O) groups is 1. The normalized spacial score (nSPS) is 12.3. The van der Waals surface area contributed by atoms with Crippen molar-refractivity contribution in [3.63, 3.8) is 0 Å². The van der Waals surface area contributed by atoms with Crippen molar-refractivity contribution in [2.45, 2.75) is 40.2 Å². The molecular formula is C20H25N3O5S. The Bertz CT molecular complexity index is 1050. The third-order valence-electron chi connectivity index (χ3n) is 4.75. The topological polar surface area (TPSA) is 110 Å². The molecule has 1 N–H and O–H groups in total. The number of nitrogens with one attached hydrogen (secondary N) is 1. The Hall–Kier alpha value is -2.94. The molecule has 0 bridgehead atoms. The Kier molecular flexibility index (Phi) is 6.63. The summed E-state index contributed by atoms with van der Waals surface area (Å²) in [6, 6.07) is 8.31. The van der Waals surface area contributed by atoms with Gasteiger partial charge in [0.25, 0.3) is 5.69 Å². The van der Waals surface area contributed by atoms with Gasteiger partial charge in [-0.25, -0.2) is 8.42 Å². The maximum Gasteiger partial charge on any atom is 0.271 e. The van der Waals surface area contributed by atoms with Crippen molar-refractivity contribution in [2.24, 2.45) is 0 Å². The first-order chi connectivity index (χ1) is 13.5. The van der Waals surface area contributed by atoms with Crippen LogP contribution in [0, 0.1) is 30.9 Å². The molecule has 2 rings (SSSR count). The molecule has 2 aromatic rings. The average Bonchev–Trinajstić information content (AvgIpc) is 2.62. The molecular weight excluding hydrogens is 394 g/mol. The number of rotatable bonds is 7. The molecule has 29 heavy (non-hydrogen) atoms. The number of amides is 1. The number of nitrogens with zero attached hydrogens (tertiary/aromatic N) is 2. The number of non-ortho nitro benzene ring substituents is 1. The van der Waals surface area contributed by atoms with Crippen LogP contribution in [0.5, 0.6) is 0 Å². The van der Waals surface area contributed by atoms with E-state index in [9.17, 15) is 23.3 Å². The van der Waals surface area contributed by atoms with E-state index in [2.05, 4.69) is 5.32 Å². The van der Waals surface area contributed by atoms with E-state index in [4.69, 9.17) is 0 Å². The fourth-order valence-electron chi connectivity index (χ4n) is 3.03. The SMILES string of the molecule is CC[C@H](C(=O)Nc1ccc(C)c(C)c1)N(c1cc([N+](=O)[O-])ccc1C)S(C)(=O)=O. The van der Waals surface area contributed by atoms with Crippen LogP contribution in [-0.4, -0.2) is 31.5 Å². The molecule has 0 radical (unpaired) electrons. The Morgan fingerprint density at radius 2 is 1.72 bits per heavy atom. The summed E-state index contributed by atoms with van der Waals surface area (Å²) in [6.07, 6.45) is 1.17. The molecule has 0 aliphatic carbocycles. The lowest BCUT2D eigenvalue weighted by Gasteiger charge is -2.31. The highest BCUT2D eigenvalue weighted by atomic mass is 32.2. The molecule has 0 aromatic heterocycles. The second-order valence-electron chi connectivity index (χ2n) is 7.00. The van der Waals surface area contributed by atoms with E-state index >= 15 is 0 Å². The maximum absolute atomic E-state index is 13.0. The van der Waals surface area contributed by atoms with E-state index in [0.29, 0.717) is 11.3 Å². The molecule has 8 nitrogen and oxygen atoms in total. The van der Waals surface area contributed by atoms with Gasteiger partial charge in [-0.15, -0.1) is 0 Å². The summed E-state index contributed by atoms with van der Waals surface area (Å²) in [5, 5.41) is 13.9. The van der Waals surface area contributed by atoms with Gasteiger partial charge in [-0.1, -0.05) is 19.1 Å². The molecule has 0 spiro atoms. The van der Waals surface area contributed by atoms with Crippen molar-refractivity contribution < 1.29 is 18.1 Å². The molecule has 0 fully saturated rings. The third kappa shape index (κ3) is 5.11. The number of hydrogen-bond acceptors (Lipinski definition) is 5. The van der Waals surface area contributed by atoms with E-state index in [0.717, 1.165) is 21.7 Å². The van der Waals surface area contributed by atoms with Crippen LogP contribution in [0.25, 0.3) is 0 Å². The highest BCUT2D eigenvalue weighted by Crippen LogP contribution is 2.30. The van der Waals surface area contributed by atoms with E-state index in [1.807, 2.05) is 26.0 Å². The molecule has 156 valence electrons. The van der Waals surface area contributed by atoms with Crippen molar-refractivity contribution in [3.05, 3.63) is 63.2 Å². The lowest BCUT2D eigenvalue weighted by Crippen LogP contribution is -2.47. The minimum atomic E-state index is -3.90. The Labute approximate surface area is 170 Å². The number of benzene rings is 2. The number of aryl methyl sites for hydroxylation is 3. The first kappa shape index (κ1) is 22.4. The maximum atomic E-state index is 13.0. The van der Waals surface area contributed by atoms with Gasteiger partial charge < -0.3 is 5.32 Å². The van der Waals surface area contributed by atoms with Crippen LogP contribution in [0.3, 0.4) is 0 Å². The molecule has 0 aliphatic heterocycles. The molecule has 0 unspecified atom stereocenters. The standard InChI is InChI=1S/C20H25N3O5S/c1-6-18(20(24)21-16-9-7-13(2)15(4)11-16)22(29(5,27)28)19-12-17(23(25)26)10-8-14(19)3/h7-12,18H,6H2,1-5H3,(H,21,24)/t18-/m1/s1. The van der Waals surface area contributed by atoms with Crippen LogP contribution in [-0.2, 0) is 14.8 Å². The quantitative estimate of drug-likeness (QED) is 0.543. The van der Waals surface area contributed by atoms with Crippen molar-refractivity contribution in [1.82, 2.24) is 0 Å². The van der Waals surface area contributed by atoms with Crippen LogP contribution < -0.4 is 9.62 Å². The number of anilines is 2. The van der Waals surface area contributed by atoms with Gasteiger partial charge in [0.2, 0.25) is 15.9 Å². The Morgan fingerprint density at radius 3 is 2.24 bits per heavy atom. The van der Waals surface area contributed by atoms with Crippen LogP contribution in [0.2, 0.25) is 0 Å². The summed E-state index contributed by atoms with van der Waals surface area (Å²) in [5.41, 5.74) is 3.00. The van der Waals surface area contributed by atoms with Gasteiger partial charge >= 0.3 is 0 Å². The van der Waals surface area contributed by atoms with Gasteiger partial charge in [-0.05, 0) is 56.0 Å². The fourth-order valence-corrected chi connectivity index (χ4v) is 4.29. The highest BCUT2D eigenvalue weighted by Gasteiger charge is 2.33. The monoisotopic (exact) mass is 419 g/mol. The van der Waals surface area contributed by atoms with Crippen molar-refractivity contribution in [3.8, 4) is 0 Å². The second kappa shape index (κ2) is 8.60. The minimum absolute atomic E-state index is 0.115. The third-order valence-corrected chi connectivity index (χ3v) is 5.91. The van der Waals surface area contributed by atoms with Gasteiger partial charge in [0.15, 0.2) is 0 Å². The van der Waals surface area contributed by atoms with Crippen LogP contribution in [0.15, 0.2) is 36.4 Å². The predicted octanol–water partition coefficient (Wildman–Crippen LogP) is 3.70. The fraction of sp³-hybridized carbons (Fsp3) is 0.350. The highest BCUT2D eigenvalue weighted by molar-refractivity contribution is 7.92. The van der Waals surface area contributed by atoms with Gasteiger partial charge in [0, 0.05) is 17.8 Å². The molecule has 1 atom stereocenters. The smallest absolute Gasteiger partial charge is 0.271 e. The summed E-state index contributed by atoms with van der Waals surface area (Å²) < 4.78 is 26.2. The van der Waals surface area contributed by atoms with Crippen molar-refractivity contribution in [2.75, 3.05) is 15.9 Å². The van der Waals surface area contributed by atoms with Crippen LogP contribution in [0.4, 0.5) is 17.1 Å². The van der Waals surface area contributed by atoms with Crippen LogP contribution >= 0.6 is 0 Å². The zero-order valence-corrected chi connectivity index (χ0v) is 17.9. The van der Waals surface area contributed by atoms with Gasteiger partial charge in [-0.3, -0.25) is 19.2 Å². The van der Waals surface area contributed by atoms with E-state index in [1.165, 1.54) is 18.2 Å². The number of nitro groups is 1. The molecule has 0 heterocycles. The largest absolute Gasteiger partial charge is 0.324 e. The number of sulfonamides is 1. The van der Waals surface area contributed by atoms with E-state index in [-0.39, 0.29) is 17.8 Å². The first-order valence-electron chi connectivity index (χ1n) is 9.08. The van der Waals surface area contributed by atoms with Gasteiger partial charge in [0.1, 0.15) is 6.04 Å². The van der Waals surface area contributed by atoms with Crippen LogP contribution in [0.1, 0.15) is 30.0 Å². The Morgan fingerprint density at radius 1 is 1.10 bits per heavy atom. The summed E-state index contributed by atoms with van der Waals surface area (Å²) in [4.78, 5) is 23.6. The molecule has 0 aliphatic rings. The van der Waals surface area contributed by atoms with Crippen molar-refractivity contribution in [1.29, 1.82) is 0 Å². The summed E-state index contributed by atoms with van der Waals surface area (Å²) in [7, 11) is -3.90. The summed E-state index contributed by atoms with van der Waals surface area (Å²) >= 11 is 0. The zero-order chi connectivity index (χ0) is 21.9. The molecule has 9 heteroatoms. The number of nitro benzene ring substituents is 1. The summed E-state index contributed by atoms with van der Waals surface area (Å²) in [6.45, 7) is 7.20. The van der Waals surface area contributed by atoms with Crippen molar-refractivity contribution >= 4 is 33.0 Å². The lowest BCUT2D eigenvalue weighted by atomic mass is 10.1. The molecule has 1 amide bonds. The summed E-state index contributed by atoms with van der Waals surface area (Å²) in [5.74, 6) is -0.507. The van der Waals surface area contributed by atoms with E-state index < -0.39 is 26.9 Å². The predicted molar refractivity (Wildman–Crippen MR) is 114 cm³/mol.